The summed E-state index contributed by atoms with van der Waals surface area (Å²) in [4.78, 5) is 26.5. The number of ether oxygens (including phenoxy) is 1. The van der Waals surface area contributed by atoms with Gasteiger partial charge in [0.2, 0.25) is 5.91 Å². The smallest absolute Gasteiger partial charge is 0.341 e. The molecule has 188 valence electrons. The van der Waals surface area contributed by atoms with Crippen LogP contribution in [0.2, 0.25) is 0 Å². The highest BCUT2D eigenvalue weighted by molar-refractivity contribution is 7.17. The molecule has 9 heteroatoms. The third-order valence-corrected chi connectivity index (χ3v) is 9.90. The van der Waals surface area contributed by atoms with E-state index in [0.29, 0.717) is 23.0 Å². The summed E-state index contributed by atoms with van der Waals surface area (Å²) in [5.74, 6) is 2.67. The minimum Gasteiger partial charge on any atom is -0.465 e. The van der Waals surface area contributed by atoms with Crippen LogP contribution < -0.4 is 10.6 Å². The van der Waals surface area contributed by atoms with Crippen molar-refractivity contribution in [1.82, 2.24) is 20.3 Å². The number of thiophene rings is 1. The average molecular weight is 498 g/mol. The van der Waals surface area contributed by atoms with Crippen molar-refractivity contribution in [3.05, 3.63) is 27.9 Å². The maximum Gasteiger partial charge on any atom is 0.341 e. The number of nitrogens with zero attached hydrogens (tertiary/aromatic N) is 3. The summed E-state index contributed by atoms with van der Waals surface area (Å²) in [5, 5.41) is 15.9. The van der Waals surface area contributed by atoms with Gasteiger partial charge in [0, 0.05) is 17.0 Å². The molecule has 2 aromatic heterocycles. The van der Waals surface area contributed by atoms with E-state index in [9.17, 15) is 9.59 Å². The molecule has 1 unspecified atom stereocenters. The fourth-order valence-electron chi connectivity index (χ4n) is 7.57. The Hall–Kier alpha value is -2.26. The average Bonchev–Trinajstić information content (AvgIpc) is 3.39. The van der Waals surface area contributed by atoms with Gasteiger partial charge in [-0.2, -0.15) is 0 Å². The van der Waals surface area contributed by atoms with Gasteiger partial charge in [0.25, 0.3) is 0 Å². The van der Waals surface area contributed by atoms with Gasteiger partial charge in [0.1, 0.15) is 11.5 Å². The maximum absolute atomic E-state index is 12.9. The van der Waals surface area contributed by atoms with Crippen molar-refractivity contribution < 1.29 is 14.3 Å². The molecule has 35 heavy (non-hydrogen) atoms. The second-order valence-electron chi connectivity index (χ2n) is 11.6. The van der Waals surface area contributed by atoms with Crippen molar-refractivity contribution in [1.29, 1.82) is 0 Å². The number of aromatic nitrogens is 3. The number of rotatable bonds is 7. The molecule has 1 atom stereocenters. The lowest BCUT2D eigenvalue weighted by Crippen LogP contribution is -2.58. The van der Waals surface area contributed by atoms with Crippen LogP contribution >= 0.6 is 11.3 Å². The van der Waals surface area contributed by atoms with E-state index in [4.69, 9.17) is 4.74 Å². The third-order valence-electron chi connectivity index (χ3n) is 8.73. The molecule has 2 N–H and O–H groups in total. The number of fused-ring (bicyclic) bond motifs is 1. The second-order valence-corrected chi connectivity index (χ2v) is 12.7. The van der Waals surface area contributed by atoms with E-state index >= 15 is 0 Å². The van der Waals surface area contributed by atoms with Gasteiger partial charge in [-0.1, -0.05) is 12.1 Å². The predicted molar refractivity (Wildman–Crippen MR) is 133 cm³/mol. The number of hydrogen-bond acceptors (Lipinski definition) is 7. The molecule has 8 nitrogen and oxygen atoms in total. The largest absolute Gasteiger partial charge is 0.465 e. The highest BCUT2D eigenvalue weighted by atomic mass is 32.1. The Morgan fingerprint density at radius 1 is 1.20 bits per heavy atom. The summed E-state index contributed by atoms with van der Waals surface area (Å²) < 4.78 is 6.61. The monoisotopic (exact) mass is 497 g/mol. The number of carbonyl (C=O) groups excluding carboxylic acids is 2. The Balaban J connectivity index is 1.09. The molecule has 2 heterocycles. The van der Waals surface area contributed by atoms with Gasteiger partial charge in [-0.15, -0.1) is 16.4 Å². The van der Waals surface area contributed by atoms with E-state index in [-0.39, 0.29) is 24.0 Å². The first-order valence-corrected chi connectivity index (χ1v) is 13.9. The van der Waals surface area contributed by atoms with Crippen LogP contribution in [-0.2, 0) is 35.5 Å². The van der Waals surface area contributed by atoms with Crippen LogP contribution in [0.4, 0.5) is 5.00 Å². The number of anilines is 1. The van der Waals surface area contributed by atoms with Crippen molar-refractivity contribution in [2.45, 2.75) is 83.3 Å². The third kappa shape index (κ3) is 4.53. The number of hydrogen-bond donors (Lipinski definition) is 2. The van der Waals surface area contributed by atoms with Crippen LogP contribution in [-0.4, -0.2) is 39.5 Å². The van der Waals surface area contributed by atoms with Crippen LogP contribution in [0.5, 0.6) is 0 Å². The summed E-state index contributed by atoms with van der Waals surface area (Å²) in [6.45, 7) is 2.97. The Labute approximate surface area is 210 Å². The first kappa shape index (κ1) is 23.2. The maximum atomic E-state index is 12.9. The number of carbonyl (C=O) groups is 2. The summed E-state index contributed by atoms with van der Waals surface area (Å²) in [5.41, 5.74) is 2.70. The zero-order valence-corrected chi connectivity index (χ0v) is 21.5. The molecule has 7 rings (SSSR count). The molecule has 0 radical (unpaired) electrons. The lowest BCUT2D eigenvalue weighted by atomic mass is 9.53. The Morgan fingerprint density at radius 3 is 2.60 bits per heavy atom. The molecule has 0 aromatic carbocycles. The standard InChI is InChI=1S/C26H35N5O3S/c1-15-3-4-20-21(5-15)35-24(23(20)25(33)34-2)28-22(32)14-31-13-19(29-30-31)12-27-26-9-16-6-17(10-26)8-18(7-16)11-26/h13,15-18,27H,3-12,14H2,1-2H3,(H,28,32). The van der Waals surface area contributed by atoms with Crippen LogP contribution in [0, 0.1) is 23.7 Å². The highest BCUT2D eigenvalue weighted by Crippen LogP contribution is 2.55. The molecule has 0 saturated heterocycles. The summed E-state index contributed by atoms with van der Waals surface area (Å²) in [7, 11) is 1.39. The number of esters is 1. The molecule has 0 aliphatic heterocycles. The van der Waals surface area contributed by atoms with Crippen molar-refractivity contribution in [2.75, 3.05) is 12.4 Å². The molecule has 4 saturated carbocycles. The predicted octanol–water partition coefficient (Wildman–Crippen LogP) is 3.95. The Morgan fingerprint density at radius 2 is 1.91 bits per heavy atom. The first-order valence-electron chi connectivity index (χ1n) is 13.1. The van der Waals surface area contributed by atoms with E-state index in [1.54, 1.807) is 4.68 Å². The molecule has 0 spiro atoms. The van der Waals surface area contributed by atoms with E-state index in [2.05, 4.69) is 27.9 Å². The first-order chi connectivity index (χ1) is 16.9. The van der Waals surface area contributed by atoms with Crippen LogP contribution in [0.25, 0.3) is 0 Å². The Bertz CT molecular complexity index is 1100. The van der Waals surface area contributed by atoms with Crippen molar-refractivity contribution in [3.8, 4) is 0 Å². The fourth-order valence-corrected chi connectivity index (χ4v) is 8.99. The zero-order chi connectivity index (χ0) is 24.2. The van der Waals surface area contributed by atoms with E-state index in [0.717, 1.165) is 48.3 Å². The van der Waals surface area contributed by atoms with Gasteiger partial charge in [-0.3, -0.25) is 4.79 Å². The summed E-state index contributed by atoms with van der Waals surface area (Å²) in [6.07, 6.45) is 12.8. The lowest BCUT2D eigenvalue weighted by molar-refractivity contribution is -0.116. The molecule has 1 amide bonds. The normalized spacial score (nSPS) is 30.8. The molecule has 4 bridgehead atoms. The molecule has 5 aliphatic rings. The second kappa shape index (κ2) is 9.00. The zero-order valence-electron chi connectivity index (χ0n) is 20.6. The quantitative estimate of drug-likeness (QED) is 0.562. The number of amides is 1. The van der Waals surface area contributed by atoms with Crippen LogP contribution in [0.15, 0.2) is 6.20 Å². The van der Waals surface area contributed by atoms with E-state index in [1.807, 2.05) is 6.20 Å². The van der Waals surface area contributed by atoms with E-state index < -0.39 is 0 Å². The lowest BCUT2D eigenvalue weighted by Gasteiger charge is -2.57. The van der Waals surface area contributed by atoms with Crippen molar-refractivity contribution in [3.63, 3.8) is 0 Å². The van der Waals surface area contributed by atoms with Gasteiger partial charge in [0.05, 0.1) is 24.6 Å². The molecule has 4 fully saturated rings. The SMILES string of the molecule is COC(=O)c1c(NC(=O)Cn2cc(CNC34CC5CC(CC(C5)C3)C4)nn2)sc2c1CCC(C)C2. The number of methoxy groups -OCH3 is 1. The molecule has 5 aliphatic carbocycles. The van der Waals surface area contributed by atoms with Gasteiger partial charge in [0.15, 0.2) is 0 Å². The molecular weight excluding hydrogens is 462 g/mol. The highest BCUT2D eigenvalue weighted by Gasteiger charge is 2.50. The van der Waals surface area contributed by atoms with Gasteiger partial charge >= 0.3 is 5.97 Å². The van der Waals surface area contributed by atoms with Gasteiger partial charge in [-0.25, -0.2) is 9.48 Å². The van der Waals surface area contributed by atoms with Gasteiger partial charge < -0.3 is 15.4 Å². The fraction of sp³-hybridized carbons (Fsp3) is 0.692. The molecular formula is C26H35N5O3S. The Kier molecular flexibility index (Phi) is 5.95. The van der Waals surface area contributed by atoms with Gasteiger partial charge in [-0.05, 0) is 87.0 Å². The molecule has 2 aromatic rings. The van der Waals surface area contributed by atoms with Crippen molar-refractivity contribution in [2.24, 2.45) is 23.7 Å². The summed E-state index contributed by atoms with van der Waals surface area (Å²) >= 11 is 1.50. The van der Waals surface area contributed by atoms with Crippen LogP contribution in [0.1, 0.15) is 78.4 Å². The minimum absolute atomic E-state index is 0.0595. The minimum atomic E-state index is -0.383. The van der Waals surface area contributed by atoms with Crippen molar-refractivity contribution >= 4 is 28.2 Å². The summed E-state index contributed by atoms with van der Waals surface area (Å²) in [6, 6.07) is 0. The topological polar surface area (TPSA) is 98.1 Å². The van der Waals surface area contributed by atoms with E-state index in [1.165, 1.54) is 61.8 Å². The van der Waals surface area contributed by atoms with Crippen LogP contribution in [0.3, 0.4) is 0 Å². The number of nitrogens with one attached hydrogen (secondary N) is 2.